The lowest BCUT2D eigenvalue weighted by Gasteiger charge is -2.38. The molecule has 1 aliphatic heterocycles. The van der Waals surface area contributed by atoms with E-state index in [1.54, 1.807) is 15.4 Å². The fraction of sp³-hybridized carbons (Fsp3) is 0.226. The molecule has 0 saturated carbocycles. The molecule has 9 nitrogen and oxygen atoms in total. The minimum absolute atomic E-state index is 0.516. The summed E-state index contributed by atoms with van der Waals surface area (Å²) in [5, 5.41) is 29.2. The number of rotatable bonds is 7. The molecule has 6 rings (SSSR count). The number of hydrogen-bond acceptors (Lipinski definition) is 7. The van der Waals surface area contributed by atoms with Crippen LogP contribution in [0.5, 0.6) is 0 Å². The van der Waals surface area contributed by atoms with Crippen molar-refractivity contribution in [3.05, 3.63) is 103 Å². The number of hydrogen-bond donors (Lipinski definition) is 1. The van der Waals surface area contributed by atoms with E-state index in [1.165, 1.54) is 0 Å². The van der Waals surface area contributed by atoms with Gasteiger partial charge in [0.05, 0.1) is 29.6 Å². The van der Waals surface area contributed by atoms with E-state index in [1.807, 2.05) is 74.3 Å². The van der Waals surface area contributed by atoms with Crippen LogP contribution in [-0.4, -0.2) is 66.7 Å². The first-order chi connectivity index (χ1) is 19.5. The number of anilines is 1. The van der Waals surface area contributed by atoms with E-state index in [2.05, 4.69) is 38.7 Å². The normalized spacial score (nSPS) is 14.3. The Kier molecular flexibility index (Phi) is 6.76. The molecule has 0 spiro atoms. The molecule has 1 fully saturated rings. The maximum atomic E-state index is 10.7. The molecule has 1 aliphatic rings. The molecule has 1 atom stereocenters. The van der Waals surface area contributed by atoms with Gasteiger partial charge in [-0.25, -0.2) is 9.50 Å². The van der Waals surface area contributed by atoms with Gasteiger partial charge in [0.15, 0.2) is 0 Å². The summed E-state index contributed by atoms with van der Waals surface area (Å²) in [5.41, 5.74) is 6.86. The van der Waals surface area contributed by atoms with Crippen LogP contribution in [0, 0.1) is 11.3 Å². The molecule has 0 amide bonds. The van der Waals surface area contributed by atoms with Gasteiger partial charge in [-0.1, -0.05) is 36.9 Å². The minimum Gasteiger partial charge on any atom is -0.387 e. The third kappa shape index (κ3) is 4.93. The van der Waals surface area contributed by atoms with Crippen LogP contribution < -0.4 is 4.90 Å². The van der Waals surface area contributed by atoms with Crippen LogP contribution in [0.2, 0.25) is 0 Å². The van der Waals surface area contributed by atoms with Crippen molar-refractivity contribution in [2.24, 2.45) is 7.05 Å². The van der Waals surface area contributed by atoms with E-state index in [-0.39, 0.29) is 0 Å². The Hall–Kier alpha value is -4.94. The second kappa shape index (κ2) is 10.7. The average molecular weight is 531 g/mol. The van der Waals surface area contributed by atoms with Gasteiger partial charge in [-0.05, 0) is 23.8 Å². The summed E-state index contributed by atoms with van der Waals surface area (Å²) in [6.07, 6.45) is 9.10. The van der Waals surface area contributed by atoms with Crippen LogP contribution in [-0.2, 0) is 13.5 Å². The first-order valence-corrected chi connectivity index (χ1v) is 13.3. The predicted octanol–water partition coefficient (Wildman–Crippen LogP) is 3.91. The molecular weight excluding hydrogens is 500 g/mol. The molecule has 1 aromatic carbocycles. The van der Waals surface area contributed by atoms with Gasteiger partial charge in [0, 0.05) is 86.2 Å². The summed E-state index contributed by atoms with van der Waals surface area (Å²) >= 11 is 0. The Balaban J connectivity index is 1.18. The van der Waals surface area contributed by atoms with Gasteiger partial charge in [-0.3, -0.25) is 4.68 Å². The highest BCUT2D eigenvalue weighted by Gasteiger charge is 2.23. The van der Waals surface area contributed by atoms with Crippen LogP contribution >= 0.6 is 0 Å². The SMILES string of the molecule is C=C([C@@H](O)Cc1ccccc1)N1CCN(c2ccc(-c3cc(-c4cnn(C)c4)cn4ncc(C#N)c34)cn2)CC1. The molecule has 5 heterocycles. The standard InChI is InChI=1S/C31H30N8O/c1-22(29(40)14-23-6-4-3-5-7-23)37-10-12-38(13-11-37)30-9-8-24(17-33-30)28-15-25(27-19-34-36(2)20-27)21-39-31(28)26(16-32)18-35-39/h3-9,15,17-21,29,40H,1,10-14H2,2H3/t29-/m0/s1. The number of nitriles is 1. The molecule has 0 bridgehead atoms. The Bertz CT molecular complexity index is 1690. The van der Waals surface area contributed by atoms with Crippen LogP contribution in [0.3, 0.4) is 0 Å². The number of fused-ring (bicyclic) bond motifs is 1. The first kappa shape index (κ1) is 25.3. The lowest BCUT2D eigenvalue weighted by molar-refractivity contribution is 0.159. The monoisotopic (exact) mass is 530 g/mol. The number of aryl methyl sites for hydroxylation is 1. The molecule has 4 aromatic heterocycles. The molecule has 9 heteroatoms. The predicted molar refractivity (Wildman–Crippen MR) is 154 cm³/mol. The summed E-state index contributed by atoms with van der Waals surface area (Å²) in [7, 11) is 1.88. The van der Waals surface area contributed by atoms with Crippen molar-refractivity contribution in [2.75, 3.05) is 31.1 Å². The number of nitrogens with zero attached hydrogens (tertiary/aromatic N) is 8. The maximum absolute atomic E-state index is 10.7. The number of benzene rings is 1. The lowest BCUT2D eigenvalue weighted by atomic mass is 10.0. The van der Waals surface area contributed by atoms with Crippen molar-refractivity contribution < 1.29 is 5.11 Å². The number of pyridine rings is 2. The maximum Gasteiger partial charge on any atom is 0.128 e. The lowest BCUT2D eigenvalue weighted by Crippen LogP contribution is -2.47. The zero-order valence-corrected chi connectivity index (χ0v) is 22.4. The Labute approximate surface area is 232 Å². The van der Waals surface area contributed by atoms with E-state index >= 15 is 0 Å². The number of aliphatic hydroxyl groups is 1. The number of aromatic nitrogens is 5. The largest absolute Gasteiger partial charge is 0.387 e. The molecular formula is C31H30N8O. The van der Waals surface area contributed by atoms with E-state index in [4.69, 9.17) is 4.98 Å². The van der Waals surface area contributed by atoms with Gasteiger partial charge < -0.3 is 14.9 Å². The van der Waals surface area contributed by atoms with Gasteiger partial charge >= 0.3 is 0 Å². The van der Waals surface area contributed by atoms with Gasteiger partial charge in [0.25, 0.3) is 0 Å². The minimum atomic E-state index is -0.604. The average Bonchev–Trinajstić information content (AvgIpc) is 3.63. The first-order valence-electron chi connectivity index (χ1n) is 13.3. The fourth-order valence-corrected chi connectivity index (χ4v) is 5.27. The van der Waals surface area contributed by atoms with Crippen molar-refractivity contribution >= 4 is 11.3 Å². The molecule has 1 N–H and O–H groups in total. The molecule has 40 heavy (non-hydrogen) atoms. The number of piperazine rings is 1. The van der Waals surface area contributed by atoms with Crippen molar-refractivity contribution in [3.8, 4) is 28.3 Å². The van der Waals surface area contributed by atoms with Crippen LogP contribution in [0.15, 0.2) is 91.8 Å². The summed E-state index contributed by atoms with van der Waals surface area (Å²) in [6, 6.07) is 18.4. The third-order valence-electron chi connectivity index (χ3n) is 7.50. The van der Waals surface area contributed by atoms with Gasteiger partial charge in [0.2, 0.25) is 0 Å². The van der Waals surface area contributed by atoms with E-state index < -0.39 is 6.10 Å². The molecule has 0 unspecified atom stereocenters. The highest BCUT2D eigenvalue weighted by molar-refractivity contribution is 5.87. The van der Waals surface area contributed by atoms with Gasteiger partial charge in [-0.15, -0.1) is 0 Å². The molecule has 0 radical (unpaired) electrons. The van der Waals surface area contributed by atoms with Crippen molar-refractivity contribution in [2.45, 2.75) is 12.5 Å². The van der Waals surface area contributed by atoms with Crippen LogP contribution in [0.1, 0.15) is 11.1 Å². The van der Waals surface area contributed by atoms with Crippen LogP contribution in [0.25, 0.3) is 27.8 Å². The Morgan fingerprint density at radius 2 is 1.77 bits per heavy atom. The Morgan fingerprint density at radius 3 is 2.45 bits per heavy atom. The van der Waals surface area contributed by atoms with Gasteiger partial charge in [0.1, 0.15) is 11.9 Å². The van der Waals surface area contributed by atoms with Crippen molar-refractivity contribution in [1.82, 2.24) is 29.3 Å². The van der Waals surface area contributed by atoms with Crippen molar-refractivity contribution in [1.29, 1.82) is 5.26 Å². The van der Waals surface area contributed by atoms with E-state index in [0.29, 0.717) is 12.0 Å². The van der Waals surface area contributed by atoms with Gasteiger partial charge in [-0.2, -0.15) is 15.5 Å². The molecule has 0 aliphatic carbocycles. The molecule has 5 aromatic rings. The summed E-state index contributed by atoms with van der Waals surface area (Å²) in [4.78, 5) is 9.22. The third-order valence-corrected chi connectivity index (χ3v) is 7.50. The smallest absolute Gasteiger partial charge is 0.128 e. The second-order valence-corrected chi connectivity index (χ2v) is 10.1. The van der Waals surface area contributed by atoms with Crippen molar-refractivity contribution in [3.63, 3.8) is 0 Å². The molecule has 200 valence electrons. The summed E-state index contributed by atoms with van der Waals surface area (Å²) in [6.45, 7) is 7.29. The highest BCUT2D eigenvalue weighted by atomic mass is 16.3. The highest BCUT2D eigenvalue weighted by Crippen LogP contribution is 2.32. The fourth-order valence-electron chi connectivity index (χ4n) is 5.27. The quantitative estimate of drug-likeness (QED) is 0.341. The topological polar surface area (TPSA) is 98.5 Å². The van der Waals surface area contributed by atoms with E-state index in [0.717, 1.165) is 71.0 Å². The zero-order valence-electron chi connectivity index (χ0n) is 22.4. The Morgan fingerprint density at radius 1 is 0.975 bits per heavy atom. The zero-order chi connectivity index (χ0) is 27.6. The summed E-state index contributed by atoms with van der Waals surface area (Å²) in [5.74, 6) is 0.896. The number of aliphatic hydroxyl groups excluding tert-OH is 1. The van der Waals surface area contributed by atoms with Crippen LogP contribution in [0.4, 0.5) is 5.82 Å². The second-order valence-electron chi connectivity index (χ2n) is 10.1. The summed E-state index contributed by atoms with van der Waals surface area (Å²) < 4.78 is 3.51. The van der Waals surface area contributed by atoms with E-state index in [9.17, 15) is 10.4 Å². The molecule has 1 saturated heterocycles.